The molecule has 6 nitrogen and oxygen atoms in total. The molecule has 1 aliphatic rings. The van der Waals surface area contributed by atoms with Gasteiger partial charge in [0.1, 0.15) is 0 Å². The second kappa shape index (κ2) is 11.6. The highest BCUT2D eigenvalue weighted by atomic mass is 16.5. The highest BCUT2D eigenvalue weighted by Crippen LogP contribution is 2.08. The van der Waals surface area contributed by atoms with Crippen LogP contribution in [0.2, 0.25) is 0 Å². The molecule has 26 heavy (non-hydrogen) atoms. The van der Waals surface area contributed by atoms with E-state index in [9.17, 15) is 9.59 Å². The highest BCUT2D eigenvalue weighted by molar-refractivity contribution is 5.77. The van der Waals surface area contributed by atoms with Crippen LogP contribution in [0.3, 0.4) is 0 Å². The normalized spacial score (nSPS) is 14.2. The van der Waals surface area contributed by atoms with Crippen molar-refractivity contribution in [1.29, 1.82) is 0 Å². The number of hydrogen-bond acceptors (Lipinski definition) is 4. The number of benzene rings is 1. The van der Waals surface area contributed by atoms with E-state index in [0.29, 0.717) is 18.5 Å². The fraction of sp³-hybridized carbons (Fsp3) is 0.600. The molecule has 2 aromatic rings. The zero-order valence-corrected chi connectivity index (χ0v) is 16.8. The number of rotatable bonds is 4. The Morgan fingerprint density at radius 3 is 2.15 bits per heavy atom. The molecule has 1 saturated heterocycles. The average molecular weight is 364 g/mol. The number of para-hydroxylation sites is 1. The molecule has 3 rings (SSSR count). The van der Waals surface area contributed by atoms with Crippen molar-refractivity contribution in [3.8, 4) is 0 Å². The summed E-state index contributed by atoms with van der Waals surface area (Å²) in [6, 6.07) is 7.33. The summed E-state index contributed by atoms with van der Waals surface area (Å²) in [5, 5.41) is 0.603. The summed E-state index contributed by atoms with van der Waals surface area (Å²) in [5.41, 5.74) is 0.292. The van der Waals surface area contributed by atoms with Gasteiger partial charge in [0.15, 0.2) is 0 Å². The molecular weight excluding hydrogens is 330 g/mol. The van der Waals surface area contributed by atoms with E-state index in [2.05, 4.69) is 4.90 Å². The minimum atomic E-state index is -0.223. The van der Waals surface area contributed by atoms with Gasteiger partial charge in [-0.05, 0) is 19.1 Å². The molecule has 2 heterocycles. The summed E-state index contributed by atoms with van der Waals surface area (Å²) < 4.78 is 8.37. The smallest absolute Gasteiger partial charge is 0.331 e. The van der Waals surface area contributed by atoms with Crippen molar-refractivity contribution >= 4 is 10.9 Å². The zero-order valence-electron chi connectivity index (χ0n) is 16.8. The van der Waals surface area contributed by atoms with Gasteiger partial charge in [-0.1, -0.05) is 39.8 Å². The van der Waals surface area contributed by atoms with Crippen LogP contribution in [0, 0.1) is 0 Å². The Morgan fingerprint density at radius 2 is 1.54 bits per heavy atom. The maximum absolute atomic E-state index is 12.6. The van der Waals surface area contributed by atoms with Crippen LogP contribution < -0.4 is 11.2 Å². The average Bonchev–Trinajstić information content (AvgIpc) is 2.72. The Hall–Kier alpha value is -1.92. The van der Waals surface area contributed by atoms with Gasteiger partial charge in [-0.15, -0.1) is 0 Å². The fourth-order valence-corrected chi connectivity index (χ4v) is 2.93. The van der Waals surface area contributed by atoms with Crippen molar-refractivity contribution in [2.45, 2.75) is 47.7 Å². The van der Waals surface area contributed by atoms with Crippen LogP contribution in [-0.2, 0) is 17.8 Å². The monoisotopic (exact) mass is 363 g/mol. The van der Waals surface area contributed by atoms with Crippen molar-refractivity contribution in [2.75, 3.05) is 32.8 Å². The maximum Gasteiger partial charge on any atom is 0.331 e. The summed E-state index contributed by atoms with van der Waals surface area (Å²) in [7, 11) is 0. The molecule has 0 amide bonds. The Morgan fingerprint density at radius 1 is 0.923 bits per heavy atom. The fourth-order valence-electron chi connectivity index (χ4n) is 2.93. The summed E-state index contributed by atoms with van der Waals surface area (Å²) in [6.45, 7) is 14.8. The summed E-state index contributed by atoms with van der Waals surface area (Å²) in [6.07, 6.45) is 0. The van der Waals surface area contributed by atoms with E-state index in [0.717, 1.165) is 38.4 Å². The molecule has 0 atom stereocenters. The standard InChI is InChI=1S/C16H21N3O3.2C2H6/c1-2-18-15(20)13-5-3-4-6-14(13)19(16(18)21)8-7-17-9-11-22-12-10-17;2*1-2/h3-6H,2,7-12H2,1H3;2*1-2H3. The number of fused-ring (bicyclic) bond motifs is 1. The molecule has 1 aromatic heterocycles. The molecular formula is C20H33N3O3. The van der Waals surface area contributed by atoms with Crippen molar-refractivity contribution in [3.05, 3.63) is 45.1 Å². The minimum absolute atomic E-state index is 0.203. The lowest BCUT2D eigenvalue weighted by atomic mass is 10.2. The molecule has 0 saturated carbocycles. The summed E-state index contributed by atoms with van der Waals surface area (Å²) in [4.78, 5) is 27.2. The van der Waals surface area contributed by atoms with E-state index in [4.69, 9.17) is 4.74 Å². The number of aromatic nitrogens is 2. The van der Waals surface area contributed by atoms with Gasteiger partial charge in [0.05, 0.1) is 24.1 Å². The van der Waals surface area contributed by atoms with Crippen LogP contribution in [0.4, 0.5) is 0 Å². The molecule has 0 N–H and O–H groups in total. The van der Waals surface area contributed by atoms with E-state index >= 15 is 0 Å². The van der Waals surface area contributed by atoms with Gasteiger partial charge in [-0.25, -0.2) is 4.79 Å². The van der Waals surface area contributed by atoms with E-state index in [-0.39, 0.29) is 11.2 Å². The number of ether oxygens (including phenoxy) is 1. The Labute approximate surface area is 156 Å². The van der Waals surface area contributed by atoms with E-state index in [1.165, 1.54) is 4.57 Å². The lowest BCUT2D eigenvalue weighted by molar-refractivity contribution is 0.0363. The van der Waals surface area contributed by atoms with Gasteiger partial charge in [0.25, 0.3) is 5.56 Å². The lowest BCUT2D eigenvalue weighted by Gasteiger charge is -2.27. The van der Waals surface area contributed by atoms with Crippen LogP contribution in [0.25, 0.3) is 10.9 Å². The molecule has 1 aromatic carbocycles. The van der Waals surface area contributed by atoms with Gasteiger partial charge in [-0.3, -0.25) is 18.8 Å². The first kappa shape index (κ1) is 22.1. The van der Waals surface area contributed by atoms with Crippen molar-refractivity contribution < 1.29 is 4.74 Å². The predicted octanol–water partition coefficient (Wildman–Crippen LogP) is 2.57. The minimum Gasteiger partial charge on any atom is -0.379 e. The topological polar surface area (TPSA) is 56.5 Å². The molecule has 6 heteroatoms. The van der Waals surface area contributed by atoms with Crippen molar-refractivity contribution in [1.82, 2.24) is 14.0 Å². The highest BCUT2D eigenvalue weighted by Gasteiger charge is 2.14. The quantitative estimate of drug-likeness (QED) is 0.838. The molecule has 0 unspecified atom stereocenters. The molecule has 0 bridgehead atoms. The van der Waals surface area contributed by atoms with Gasteiger partial charge in [0, 0.05) is 32.7 Å². The first-order valence-electron chi connectivity index (χ1n) is 9.75. The molecule has 1 fully saturated rings. The number of hydrogen-bond donors (Lipinski definition) is 0. The molecule has 146 valence electrons. The Bertz CT molecular complexity index is 774. The van der Waals surface area contributed by atoms with Crippen LogP contribution in [0.5, 0.6) is 0 Å². The van der Waals surface area contributed by atoms with Gasteiger partial charge >= 0.3 is 5.69 Å². The van der Waals surface area contributed by atoms with Crippen molar-refractivity contribution in [2.24, 2.45) is 0 Å². The van der Waals surface area contributed by atoms with Crippen LogP contribution in [0.1, 0.15) is 34.6 Å². The van der Waals surface area contributed by atoms with Gasteiger partial charge in [0.2, 0.25) is 0 Å². The largest absolute Gasteiger partial charge is 0.379 e. The van der Waals surface area contributed by atoms with Crippen molar-refractivity contribution in [3.63, 3.8) is 0 Å². The van der Waals surface area contributed by atoms with Crippen LogP contribution in [-0.4, -0.2) is 46.9 Å². The number of nitrogens with zero attached hydrogens (tertiary/aromatic N) is 3. The second-order valence-corrected chi connectivity index (χ2v) is 5.45. The predicted molar refractivity (Wildman–Crippen MR) is 108 cm³/mol. The molecule has 0 aliphatic carbocycles. The lowest BCUT2D eigenvalue weighted by Crippen LogP contribution is -2.43. The SMILES string of the molecule is CC.CC.CCn1c(=O)c2ccccc2n(CCN2CCOCC2)c1=O. The molecule has 0 spiro atoms. The van der Waals surface area contributed by atoms with E-state index in [1.807, 2.05) is 52.8 Å². The third-order valence-electron chi connectivity index (χ3n) is 4.19. The first-order chi connectivity index (χ1) is 12.7. The maximum atomic E-state index is 12.6. The zero-order chi connectivity index (χ0) is 19.5. The van der Waals surface area contributed by atoms with E-state index in [1.54, 1.807) is 10.6 Å². The first-order valence-corrected chi connectivity index (χ1v) is 9.75. The third-order valence-corrected chi connectivity index (χ3v) is 4.19. The summed E-state index contributed by atoms with van der Waals surface area (Å²) >= 11 is 0. The van der Waals surface area contributed by atoms with Crippen LogP contribution in [0.15, 0.2) is 33.9 Å². The Balaban J connectivity index is 0.000000791. The third kappa shape index (κ3) is 5.05. The molecule has 1 aliphatic heterocycles. The van der Waals surface area contributed by atoms with Crippen LogP contribution >= 0.6 is 0 Å². The summed E-state index contributed by atoms with van der Waals surface area (Å²) in [5.74, 6) is 0. The second-order valence-electron chi connectivity index (χ2n) is 5.45. The molecule has 0 radical (unpaired) electrons. The Kier molecular flexibility index (Phi) is 9.91. The van der Waals surface area contributed by atoms with Gasteiger partial charge in [-0.2, -0.15) is 0 Å². The van der Waals surface area contributed by atoms with E-state index < -0.39 is 0 Å². The number of morpholine rings is 1. The van der Waals surface area contributed by atoms with Gasteiger partial charge < -0.3 is 4.74 Å².